The predicted molar refractivity (Wildman–Crippen MR) is 57.9 cm³/mol. The lowest BCUT2D eigenvalue weighted by atomic mass is 10.3. The van der Waals surface area contributed by atoms with Crippen molar-refractivity contribution in [1.82, 2.24) is 4.90 Å². The normalized spacial score (nSPS) is 10.4. The Hall–Kier alpha value is -1.22. The molecule has 1 aromatic carbocycles. The molecule has 0 spiro atoms. The summed E-state index contributed by atoms with van der Waals surface area (Å²) in [5, 5.41) is 3.31. The van der Waals surface area contributed by atoms with Crippen LogP contribution in [0.4, 0.5) is 11.4 Å². The molecular formula is C10H17N3. The first-order chi connectivity index (χ1) is 6.18. The topological polar surface area (TPSA) is 41.3 Å². The van der Waals surface area contributed by atoms with Crippen molar-refractivity contribution in [2.75, 3.05) is 38.2 Å². The van der Waals surface area contributed by atoms with E-state index >= 15 is 0 Å². The van der Waals surface area contributed by atoms with Crippen LogP contribution in [0.2, 0.25) is 0 Å². The summed E-state index contributed by atoms with van der Waals surface area (Å²) in [5.74, 6) is 0. The quantitative estimate of drug-likeness (QED) is 0.683. The van der Waals surface area contributed by atoms with Crippen LogP contribution in [0.15, 0.2) is 24.3 Å². The van der Waals surface area contributed by atoms with E-state index in [4.69, 9.17) is 5.73 Å². The standard InChI is InChI=1S/C10H17N3/c1-13(2)8-7-12-10-5-3-9(11)4-6-10/h3-6,12H,7-8,11H2,1-2H3. The highest BCUT2D eigenvalue weighted by atomic mass is 15.1. The molecule has 0 fully saturated rings. The van der Waals surface area contributed by atoms with Gasteiger partial charge in [-0.2, -0.15) is 0 Å². The van der Waals surface area contributed by atoms with Crippen LogP contribution in [0.5, 0.6) is 0 Å². The van der Waals surface area contributed by atoms with Gasteiger partial charge in [0, 0.05) is 24.5 Å². The zero-order chi connectivity index (χ0) is 9.68. The maximum atomic E-state index is 5.57. The fraction of sp³-hybridized carbons (Fsp3) is 0.400. The first-order valence-electron chi connectivity index (χ1n) is 4.42. The summed E-state index contributed by atoms with van der Waals surface area (Å²) in [6.07, 6.45) is 0. The molecule has 0 saturated heterocycles. The molecule has 0 unspecified atom stereocenters. The van der Waals surface area contributed by atoms with Crippen LogP contribution in [-0.4, -0.2) is 32.1 Å². The number of nitrogens with zero attached hydrogens (tertiary/aromatic N) is 1. The molecule has 1 aromatic rings. The molecule has 0 aromatic heterocycles. The highest BCUT2D eigenvalue weighted by Crippen LogP contribution is 2.09. The maximum Gasteiger partial charge on any atom is 0.0342 e. The molecule has 0 aliphatic heterocycles. The number of nitrogens with one attached hydrogen (secondary N) is 1. The van der Waals surface area contributed by atoms with Crippen LogP contribution >= 0.6 is 0 Å². The highest BCUT2D eigenvalue weighted by Gasteiger charge is 1.91. The second-order valence-electron chi connectivity index (χ2n) is 3.35. The molecule has 0 radical (unpaired) electrons. The van der Waals surface area contributed by atoms with Crippen molar-refractivity contribution in [3.63, 3.8) is 0 Å². The molecule has 3 heteroatoms. The lowest BCUT2D eigenvalue weighted by Gasteiger charge is -2.11. The third kappa shape index (κ3) is 3.80. The maximum absolute atomic E-state index is 5.57. The van der Waals surface area contributed by atoms with Crippen LogP contribution < -0.4 is 11.1 Å². The zero-order valence-electron chi connectivity index (χ0n) is 8.25. The van der Waals surface area contributed by atoms with E-state index in [2.05, 4.69) is 24.3 Å². The van der Waals surface area contributed by atoms with Gasteiger partial charge in [-0.1, -0.05) is 0 Å². The average Bonchev–Trinajstić information content (AvgIpc) is 2.08. The van der Waals surface area contributed by atoms with E-state index in [0.717, 1.165) is 24.5 Å². The third-order valence-corrected chi connectivity index (χ3v) is 1.80. The average molecular weight is 179 g/mol. The third-order valence-electron chi connectivity index (χ3n) is 1.80. The number of nitrogen functional groups attached to an aromatic ring is 1. The van der Waals surface area contributed by atoms with Gasteiger partial charge < -0.3 is 16.0 Å². The largest absolute Gasteiger partial charge is 0.399 e. The molecule has 13 heavy (non-hydrogen) atoms. The summed E-state index contributed by atoms with van der Waals surface area (Å²) in [5.41, 5.74) is 7.49. The lowest BCUT2D eigenvalue weighted by molar-refractivity contribution is 0.425. The Labute approximate surface area is 79.5 Å². The Balaban J connectivity index is 2.33. The number of rotatable bonds is 4. The fourth-order valence-electron chi connectivity index (χ4n) is 1.02. The molecule has 0 aliphatic rings. The van der Waals surface area contributed by atoms with E-state index in [1.807, 2.05) is 24.3 Å². The fourth-order valence-corrected chi connectivity index (χ4v) is 1.02. The van der Waals surface area contributed by atoms with Crippen LogP contribution in [0.25, 0.3) is 0 Å². The zero-order valence-corrected chi connectivity index (χ0v) is 8.25. The molecule has 3 N–H and O–H groups in total. The van der Waals surface area contributed by atoms with E-state index in [1.165, 1.54) is 0 Å². The molecule has 0 amide bonds. The lowest BCUT2D eigenvalue weighted by Crippen LogP contribution is -2.20. The molecule has 0 saturated carbocycles. The Morgan fingerprint density at radius 3 is 2.38 bits per heavy atom. The van der Waals surface area contributed by atoms with Gasteiger partial charge in [-0.05, 0) is 38.4 Å². The Morgan fingerprint density at radius 2 is 1.85 bits per heavy atom. The van der Waals surface area contributed by atoms with Crippen molar-refractivity contribution in [3.05, 3.63) is 24.3 Å². The molecule has 72 valence electrons. The van der Waals surface area contributed by atoms with Crippen LogP contribution in [0.1, 0.15) is 0 Å². The van der Waals surface area contributed by atoms with Crippen molar-refractivity contribution in [2.24, 2.45) is 0 Å². The Morgan fingerprint density at radius 1 is 1.23 bits per heavy atom. The molecule has 0 heterocycles. The summed E-state index contributed by atoms with van der Waals surface area (Å²) >= 11 is 0. The number of anilines is 2. The van der Waals surface area contributed by atoms with E-state index in [1.54, 1.807) is 0 Å². The van der Waals surface area contributed by atoms with Gasteiger partial charge in [0.2, 0.25) is 0 Å². The first kappa shape index (κ1) is 9.86. The second-order valence-corrected chi connectivity index (χ2v) is 3.35. The summed E-state index contributed by atoms with van der Waals surface area (Å²) < 4.78 is 0. The van der Waals surface area contributed by atoms with Gasteiger partial charge in [0.25, 0.3) is 0 Å². The van der Waals surface area contributed by atoms with Gasteiger partial charge in [-0.15, -0.1) is 0 Å². The van der Waals surface area contributed by atoms with Gasteiger partial charge in [0.05, 0.1) is 0 Å². The Kier molecular flexibility index (Phi) is 3.58. The number of hydrogen-bond acceptors (Lipinski definition) is 3. The van der Waals surface area contributed by atoms with E-state index in [9.17, 15) is 0 Å². The number of hydrogen-bond donors (Lipinski definition) is 2. The smallest absolute Gasteiger partial charge is 0.0342 e. The summed E-state index contributed by atoms with van der Waals surface area (Å²) in [6.45, 7) is 1.99. The van der Waals surface area contributed by atoms with Crippen molar-refractivity contribution in [2.45, 2.75) is 0 Å². The van der Waals surface area contributed by atoms with Gasteiger partial charge in [-0.3, -0.25) is 0 Å². The van der Waals surface area contributed by atoms with Crippen molar-refractivity contribution < 1.29 is 0 Å². The van der Waals surface area contributed by atoms with Crippen molar-refractivity contribution in [1.29, 1.82) is 0 Å². The molecule has 1 rings (SSSR count). The minimum atomic E-state index is 0.804. The van der Waals surface area contributed by atoms with E-state index < -0.39 is 0 Å². The second kappa shape index (κ2) is 4.72. The minimum absolute atomic E-state index is 0.804. The van der Waals surface area contributed by atoms with Gasteiger partial charge >= 0.3 is 0 Å². The SMILES string of the molecule is CN(C)CCNc1ccc(N)cc1. The van der Waals surface area contributed by atoms with Crippen molar-refractivity contribution >= 4 is 11.4 Å². The van der Waals surface area contributed by atoms with Crippen LogP contribution in [0.3, 0.4) is 0 Å². The van der Waals surface area contributed by atoms with Gasteiger partial charge in [-0.25, -0.2) is 0 Å². The molecule has 3 nitrogen and oxygen atoms in total. The van der Waals surface area contributed by atoms with Gasteiger partial charge in [0.1, 0.15) is 0 Å². The van der Waals surface area contributed by atoms with Crippen molar-refractivity contribution in [3.8, 4) is 0 Å². The van der Waals surface area contributed by atoms with Gasteiger partial charge in [0.15, 0.2) is 0 Å². The van der Waals surface area contributed by atoms with Crippen LogP contribution in [0, 0.1) is 0 Å². The molecule has 0 bridgehead atoms. The van der Waals surface area contributed by atoms with Crippen LogP contribution in [-0.2, 0) is 0 Å². The van der Waals surface area contributed by atoms with E-state index in [0.29, 0.717) is 0 Å². The summed E-state index contributed by atoms with van der Waals surface area (Å²) in [6, 6.07) is 7.78. The molecule has 0 aliphatic carbocycles. The number of nitrogens with two attached hydrogens (primary N) is 1. The van der Waals surface area contributed by atoms with E-state index in [-0.39, 0.29) is 0 Å². The Bertz CT molecular complexity index is 241. The summed E-state index contributed by atoms with van der Waals surface area (Å²) in [7, 11) is 4.12. The monoisotopic (exact) mass is 179 g/mol. The highest BCUT2D eigenvalue weighted by molar-refractivity contribution is 5.51. The minimum Gasteiger partial charge on any atom is -0.399 e. The predicted octanol–water partition coefficient (Wildman–Crippen LogP) is 1.24. The number of benzene rings is 1. The molecule has 0 atom stereocenters. The first-order valence-corrected chi connectivity index (χ1v) is 4.42. The summed E-state index contributed by atoms with van der Waals surface area (Å²) in [4.78, 5) is 2.14. The molecular weight excluding hydrogens is 162 g/mol. The number of likely N-dealkylation sites (N-methyl/N-ethyl adjacent to an activating group) is 1.